The van der Waals surface area contributed by atoms with Crippen molar-refractivity contribution >= 4 is 0 Å². The van der Waals surface area contributed by atoms with Crippen molar-refractivity contribution < 1.29 is 9.84 Å². The quantitative estimate of drug-likeness (QED) is 0.543. The van der Waals surface area contributed by atoms with Gasteiger partial charge in [-0.1, -0.05) is 5.18 Å². The Morgan fingerprint density at radius 3 is 2.89 bits per heavy atom. The van der Waals surface area contributed by atoms with Gasteiger partial charge in [-0.2, -0.15) is 4.91 Å². The average molecular weight is 133 g/mol. The number of nitrogens with zero attached hydrogens (tertiary/aromatic N) is 1. The Morgan fingerprint density at radius 2 is 2.44 bits per heavy atom. The van der Waals surface area contributed by atoms with Crippen molar-refractivity contribution in [2.75, 3.05) is 19.8 Å². The summed E-state index contributed by atoms with van der Waals surface area (Å²) in [7, 11) is 0. The summed E-state index contributed by atoms with van der Waals surface area (Å²) in [5.74, 6) is 0. The van der Waals surface area contributed by atoms with Crippen LogP contribution in [-0.4, -0.2) is 31.0 Å². The van der Waals surface area contributed by atoms with E-state index >= 15 is 0 Å². The molecule has 4 heteroatoms. The maximum atomic E-state index is 9.59. The molecule has 0 aliphatic rings. The third-order valence-corrected chi connectivity index (χ3v) is 0.825. The minimum absolute atomic E-state index is 0.0107. The molecule has 0 heterocycles. The van der Waals surface area contributed by atoms with Gasteiger partial charge in [-0.3, -0.25) is 0 Å². The second-order valence-corrected chi connectivity index (χ2v) is 1.72. The lowest BCUT2D eigenvalue weighted by Gasteiger charge is -2.05. The molecule has 0 aliphatic heterocycles. The smallest absolute Gasteiger partial charge is 0.107 e. The summed E-state index contributed by atoms with van der Waals surface area (Å²) in [6.45, 7) is 2.15. The molecule has 0 aromatic rings. The second-order valence-electron chi connectivity index (χ2n) is 1.72. The molecule has 0 saturated carbocycles. The number of hydrogen-bond acceptors (Lipinski definition) is 4. The SMILES string of the molecule is CC(CN=O)OCCO. The Morgan fingerprint density at radius 1 is 1.78 bits per heavy atom. The summed E-state index contributed by atoms with van der Waals surface area (Å²) in [5.41, 5.74) is 0. The van der Waals surface area contributed by atoms with Crippen LogP contribution in [-0.2, 0) is 4.74 Å². The van der Waals surface area contributed by atoms with Crippen LogP contribution in [0.4, 0.5) is 0 Å². The van der Waals surface area contributed by atoms with Crippen molar-refractivity contribution in [3.63, 3.8) is 0 Å². The predicted octanol–water partition coefficient (Wildman–Crippen LogP) is 0.150. The zero-order valence-electron chi connectivity index (χ0n) is 5.41. The zero-order chi connectivity index (χ0) is 7.11. The van der Waals surface area contributed by atoms with Crippen LogP contribution in [0.25, 0.3) is 0 Å². The van der Waals surface area contributed by atoms with E-state index in [1.165, 1.54) is 0 Å². The van der Waals surface area contributed by atoms with Crippen LogP contribution in [0.1, 0.15) is 6.92 Å². The number of rotatable bonds is 5. The molecule has 0 saturated heterocycles. The van der Waals surface area contributed by atoms with E-state index in [2.05, 4.69) is 5.18 Å². The predicted molar refractivity (Wildman–Crippen MR) is 33.2 cm³/mol. The monoisotopic (exact) mass is 133 g/mol. The fraction of sp³-hybridized carbons (Fsp3) is 1.00. The number of aliphatic hydroxyl groups is 1. The molecule has 0 aliphatic carbocycles. The highest BCUT2D eigenvalue weighted by molar-refractivity contribution is 4.51. The maximum Gasteiger partial charge on any atom is 0.107 e. The molecule has 1 unspecified atom stereocenters. The summed E-state index contributed by atoms with van der Waals surface area (Å²) in [6, 6.07) is 0. The van der Waals surface area contributed by atoms with Crippen LogP contribution >= 0.6 is 0 Å². The van der Waals surface area contributed by atoms with E-state index in [1.807, 2.05) is 0 Å². The van der Waals surface area contributed by atoms with Crippen molar-refractivity contribution in [1.82, 2.24) is 0 Å². The molecule has 0 amide bonds. The van der Waals surface area contributed by atoms with Gasteiger partial charge in [0, 0.05) is 0 Å². The van der Waals surface area contributed by atoms with Gasteiger partial charge in [-0.05, 0) is 6.92 Å². The molecular formula is C5H11NO3. The standard InChI is InChI=1S/C5H11NO3/c1-5(4-6-8)9-3-2-7/h5,7H,2-4H2,1H3. The first kappa shape index (κ1) is 8.52. The summed E-state index contributed by atoms with van der Waals surface area (Å²) in [5, 5.41) is 10.9. The summed E-state index contributed by atoms with van der Waals surface area (Å²) in [6.07, 6.45) is -0.172. The largest absolute Gasteiger partial charge is 0.394 e. The van der Waals surface area contributed by atoms with E-state index in [9.17, 15) is 4.91 Å². The van der Waals surface area contributed by atoms with Crippen molar-refractivity contribution in [2.45, 2.75) is 13.0 Å². The van der Waals surface area contributed by atoms with Crippen LogP contribution in [0, 0.1) is 4.91 Å². The summed E-state index contributed by atoms with van der Waals surface area (Å²) in [4.78, 5) is 9.59. The lowest BCUT2D eigenvalue weighted by Crippen LogP contribution is -2.13. The Balaban J connectivity index is 3.04. The van der Waals surface area contributed by atoms with Crippen LogP contribution in [0.2, 0.25) is 0 Å². The van der Waals surface area contributed by atoms with Crippen LogP contribution < -0.4 is 0 Å². The molecule has 0 rings (SSSR count). The highest BCUT2D eigenvalue weighted by atomic mass is 16.5. The zero-order valence-corrected chi connectivity index (χ0v) is 5.41. The normalized spacial score (nSPS) is 13.1. The van der Waals surface area contributed by atoms with Gasteiger partial charge in [0.2, 0.25) is 0 Å². The third-order valence-electron chi connectivity index (χ3n) is 0.825. The molecule has 9 heavy (non-hydrogen) atoms. The van der Waals surface area contributed by atoms with E-state index in [4.69, 9.17) is 9.84 Å². The summed E-state index contributed by atoms with van der Waals surface area (Å²) >= 11 is 0. The average Bonchev–Trinajstić information content (AvgIpc) is 1.85. The Bertz CT molecular complexity index is 76.6. The molecule has 1 atom stereocenters. The first-order chi connectivity index (χ1) is 4.31. The third kappa shape index (κ3) is 5.39. The van der Waals surface area contributed by atoms with Gasteiger partial charge in [0.1, 0.15) is 6.54 Å². The number of nitroso groups, excluding NO2 is 1. The maximum absolute atomic E-state index is 9.59. The lowest BCUT2D eigenvalue weighted by atomic mass is 10.4. The van der Waals surface area contributed by atoms with Gasteiger partial charge in [-0.15, -0.1) is 0 Å². The van der Waals surface area contributed by atoms with Crippen molar-refractivity contribution in [3.05, 3.63) is 4.91 Å². The van der Waals surface area contributed by atoms with Gasteiger partial charge >= 0.3 is 0 Å². The molecule has 0 aromatic heterocycles. The van der Waals surface area contributed by atoms with Gasteiger partial charge in [-0.25, -0.2) is 0 Å². The highest BCUT2D eigenvalue weighted by Gasteiger charge is 1.98. The van der Waals surface area contributed by atoms with E-state index in [-0.39, 0.29) is 25.9 Å². The first-order valence-corrected chi connectivity index (χ1v) is 2.83. The van der Waals surface area contributed by atoms with E-state index in [1.54, 1.807) is 6.92 Å². The Hall–Kier alpha value is -0.480. The molecule has 0 spiro atoms. The Labute approximate surface area is 53.8 Å². The fourth-order valence-corrected chi connectivity index (χ4v) is 0.412. The van der Waals surface area contributed by atoms with Crippen molar-refractivity contribution in [2.24, 2.45) is 5.18 Å². The first-order valence-electron chi connectivity index (χ1n) is 2.83. The van der Waals surface area contributed by atoms with E-state index in [0.29, 0.717) is 0 Å². The van der Waals surface area contributed by atoms with Gasteiger partial charge in [0.05, 0.1) is 19.3 Å². The second kappa shape index (κ2) is 5.65. The minimum Gasteiger partial charge on any atom is -0.394 e. The molecule has 0 aromatic carbocycles. The molecular weight excluding hydrogens is 122 g/mol. The molecule has 0 fully saturated rings. The lowest BCUT2D eigenvalue weighted by molar-refractivity contribution is 0.0442. The van der Waals surface area contributed by atoms with Crippen molar-refractivity contribution in [3.8, 4) is 0 Å². The molecule has 1 N–H and O–H groups in total. The molecule has 0 bridgehead atoms. The highest BCUT2D eigenvalue weighted by Crippen LogP contribution is 1.89. The number of hydrogen-bond donors (Lipinski definition) is 1. The van der Waals surface area contributed by atoms with Crippen LogP contribution in [0.5, 0.6) is 0 Å². The van der Waals surface area contributed by atoms with Gasteiger partial charge in [0.25, 0.3) is 0 Å². The molecule has 54 valence electrons. The van der Waals surface area contributed by atoms with Crippen molar-refractivity contribution in [1.29, 1.82) is 0 Å². The van der Waals surface area contributed by atoms with E-state index in [0.717, 1.165) is 0 Å². The Kier molecular flexibility index (Phi) is 5.35. The van der Waals surface area contributed by atoms with Gasteiger partial charge < -0.3 is 9.84 Å². The fourth-order valence-electron chi connectivity index (χ4n) is 0.412. The van der Waals surface area contributed by atoms with E-state index < -0.39 is 0 Å². The topological polar surface area (TPSA) is 58.9 Å². The summed E-state index contributed by atoms with van der Waals surface area (Å²) < 4.78 is 4.89. The molecule has 4 nitrogen and oxygen atoms in total. The van der Waals surface area contributed by atoms with Crippen LogP contribution in [0.15, 0.2) is 5.18 Å². The number of aliphatic hydroxyl groups excluding tert-OH is 1. The number of ether oxygens (including phenoxy) is 1. The van der Waals surface area contributed by atoms with Crippen LogP contribution in [0.3, 0.4) is 0 Å². The minimum atomic E-state index is -0.172. The van der Waals surface area contributed by atoms with Gasteiger partial charge in [0.15, 0.2) is 0 Å². The molecule has 0 radical (unpaired) electrons.